The van der Waals surface area contributed by atoms with Gasteiger partial charge in [0.05, 0.1) is 6.21 Å². The Bertz CT molecular complexity index is 534. The van der Waals surface area contributed by atoms with Gasteiger partial charge in [-0.05, 0) is 50.3 Å². The number of rotatable bonds is 10. The predicted molar refractivity (Wildman–Crippen MR) is 101 cm³/mol. The topological polar surface area (TPSA) is 44.7 Å². The summed E-state index contributed by atoms with van der Waals surface area (Å²) in [4.78, 5) is 14.3. The maximum Gasteiger partial charge on any atom is 0.243 e. The minimum Gasteiger partial charge on any atom is -0.372 e. The van der Waals surface area contributed by atoms with E-state index in [-0.39, 0.29) is 11.8 Å². The van der Waals surface area contributed by atoms with Crippen LogP contribution in [0.15, 0.2) is 29.4 Å². The van der Waals surface area contributed by atoms with Crippen LogP contribution < -0.4 is 10.3 Å². The first-order valence-corrected chi connectivity index (χ1v) is 9.37. The van der Waals surface area contributed by atoms with Crippen molar-refractivity contribution in [2.24, 2.45) is 16.9 Å². The Kier molecular flexibility index (Phi) is 7.29. The highest BCUT2D eigenvalue weighted by Crippen LogP contribution is 2.42. The molecule has 0 heterocycles. The highest BCUT2D eigenvalue weighted by molar-refractivity contribution is 5.85. The molecule has 1 amide bonds. The maximum atomic E-state index is 12.0. The summed E-state index contributed by atoms with van der Waals surface area (Å²) in [6.07, 6.45) is 7.69. The summed E-state index contributed by atoms with van der Waals surface area (Å²) in [6.45, 7) is 8.52. The van der Waals surface area contributed by atoms with Gasteiger partial charge in [-0.2, -0.15) is 5.10 Å². The lowest BCUT2D eigenvalue weighted by Gasteiger charge is -2.20. The van der Waals surface area contributed by atoms with Gasteiger partial charge in [0.2, 0.25) is 5.91 Å². The van der Waals surface area contributed by atoms with Gasteiger partial charge >= 0.3 is 0 Å². The first-order chi connectivity index (χ1) is 11.7. The maximum absolute atomic E-state index is 12.0. The second-order valence-corrected chi connectivity index (χ2v) is 6.60. The first kappa shape index (κ1) is 18.5. The van der Waals surface area contributed by atoms with Crippen molar-refractivity contribution in [1.82, 2.24) is 5.43 Å². The van der Waals surface area contributed by atoms with E-state index < -0.39 is 0 Å². The highest BCUT2D eigenvalue weighted by atomic mass is 16.2. The number of carbonyl (C=O) groups excluding carboxylic acids is 1. The van der Waals surface area contributed by atoms with Gasteiger partial charge in [-0.1, -0.05) is 38.3 Å². The van der Waals surface area contributed by atoms with Crippen LogP contribution in [0.5, 0.6) is 0 Å². The van der Waals surface area contributed by atoms with Gasteiger partial charge in [-0.3, -0.25) is 4.79 Å². The Hall–Kier alpha value is -1.84. The number of carbonyl (C=O) groups is 1. The van der Waals surface area contributed by atoms with E-state index in [2.05, 4.69) is 48.3 Å². The molecule has 4 heteroatoms. The second kappa shape index (κ2) is 9.45. The van der Waals surface area contributed by atoms with Gasteiger partial charge in [0.15, 0.2) is 0 Å². The number of hydrogen-bond acceptors (Lipinski definition) is 3. The molecule has 1 aromatic rings. The largest absolute Gasteiger partial charge is 0.372 e. The van der Waals surface area contributed by atoms with Crippen molar-refractivity contribution in [2.75, 3.05) is 18.0 Å². The Labute approximate surface area is 146 Å². The van der Waals surface area contributed by atoms with Crippen LogP contribution in [-0.2, 0) is 4.79 Å². The molecular formula is C20H31N3O. The zero-order valence-electron chi connectivity index (χ0n) is 15.3. The SMILES string of the molecule is CCCCC[C@H]1C[C@@H]1C(=O)N/N=C\c1ccc(N(CC)CC)cc1. The molecule has 24 heavy (non-hydrogen) atoms. The minimum atomic E-state index is 0.0764. The molecule has 1 aliphatic carbocycles. The van der Waals surface area contributed by atoms with Gasteiger partial charge in [-0.15, -0.1) is 0 Å². The first-order valence-electron chi connectivity index (χ1n) is 9.37. The summed E-state index contributed by atoms with van der Waals surface area (Å²) in [7, 11) is 0. The summed E-state index contributed by atoms with van der Waals surface area (Å²) in [6, 6.07) is 8.27. The number of amides is 1. The monoisotopic (exact) mass is 329 g/mol. The number of benzene rings is 1. The van der Waals surface area contributed by atoms with Gasteiger partial charge in [0.1, 0.15) is 0 Å². The Morgan fingerprint density at radius 3 is 2.54 bits per heavy atom. The van der Waals surface area contributed by atoms with Crippen LogP contribution in [0.1, 0.15) is 58.4 Å². The van der Waals surface area contributed by atoms with Crippen molar-refractivity contribution >= 4 is 17.8 Å². The van der Waals surface area contributed by atoms with E-state index in [1.807, 2.05) is 12.1 Å². The number of unbranched alkanes of at least 4 members (excludes halogenated alkanes) is 2. The third kappa shape index (κ3) is 5.36. The fourth-order valence-electron chi connectivity index (χ4n) is 3.16. The van der Waals surface area contributed by atoms with Crippen LogP contribution in [0.3, 0.4) is 0 Å². The zero-order chi connectivity index (χ0) is 17.4. The standard InChI is InChI=1S/C20H31N3O/c1-4-7-8-9-17-14-19(17)20(24)22-21-15-16-10-12-18(13-11-16)23(5-2)6-3/h10-13,15,17,19H,4-9,14H2,1-3H3,(H,22,24)/b21-15-/t17-,19-/m0/s1. The smallest absolute Gasteiger partial charge is 0.243 e. The van der Waals surface area contributed by atoms with Gasteiger partial charge < -0.3 is 4.90 Å². The van der Waals surface area contributed by atoms with E-state index in [1.165, 1.54) is 31.4 Å². The highest BCUT2D eigenvalue weighted by Gasteiger charge is 2.41. The molecule has 0 spiro atoms. The van der Waals surface area contributed by atoms with Gasteiger partial charge in [-0.25, -0.2) is 5.43 Å². The van der Waals surface area contributed by atoms with Crippen LogP contribution >= 0.6 is 0 Å². The van der Waals surface area contributed by atoms with Crippen LogP contribution in [-0.4, -0.2) is 25.2 Å². The lowest BCUT2D eigenvalue weighted by molar-refractivity contribution is -0.122. The summed E-state index contributed by atoms with van der Waals surface area (Å²) in [5.74, 6) is 0.844. The average Bonchev–Trinajstić information content (AvgIpc) is 3.37. The normalized spacial score (nSPS) is 19.5. The third-order valence-electron chi connectivity index (χ3n) is 4.85. The molecule has 1 saturated carbocycles. The van der Waals surface area contributed by atoms with E-state index >= 15 is 0 Å². The molecule has 0 radical (unpaired) electrons. The molecule has 1 aliphatic rings. The molecular weight excluding hydrogens is 298 g/mol. The summed E-state index contributed by atoms with van der Waals surface area (Å²) >= 11 is 0. The molecule has 0 unspecified atom stereocenters. The summed E-state index contributed by atoms with van der Waals surface area (Å²) in [5, 5.41) is 4.11. The molecule has 0 bridgehead atoms. The molecule has 0 aliphatic heterocycles. The Morgan fingerprint density at radius 2 is 1.92 bits per heavy atom. The van der Waals surface area contributed by atoms with E-state index in [9.17, 15) is 4.79 Å². The van der Waals surface area contributed by atoms with Crippen molar-refractivity contribution in [3.8, 4) is 0 Å². The summed E-state index contributed by atoms with van der Waals surface area (Å²) in [5.41, 5.74) is 4.91. The fourth-order valence-corrected chi connectivity index (χ4v) is 3.16. The molecule has 1 N–H and O–H groups in total. The van der Waals surface area contributed by atoms with E-state index in [0.717, 1.165) is 25.1 Å². The van der Waals surface area contributed by atoms with Crippen molar-refractivity contribution < 1.29 is 4.79 Å². The molecule has 2 atom stereocenters. The Morgan fingerprint density at radius 1 is 1.21 bits per heavy atom. The molecule has 0 aromatic heterocycles. The lowest BCUT2D eigenvalue weighted by atomic mass is 10.1. The number of nitrogens with zero attached hydrogens (tertiary/aromatic N) is 2. The zero-order valence-corrected chi connectivity index (χ0v) is 15.3. The van der Waals surface area contributed by atoms with Gasteiger partial charge in [0, 0.05) is 24.7 Å². The molecule has 1 fully saturated rings. The molecule has 4 nitrogen and oxygen atoms in total. The van der Waals surface area contributed by atoms with Crippen molar-refractivity contribution in [3.63, 3.8) is 0 Å². The molecule has 2 rings (SSSR count). The van der Waals surface area contributed by atoms with Gasteiger partial charge in [0.25, 0.3) is 0 Å². The number of nitrogens with one attached hydrogen (secondary N) is 1. The number of anilines is 1. The van der Waals surface area contributed by atoms with E-state index in [4.69, 9.17) is 0 Å². The van der Waals surface area contributed by atoms with E-state index in [1.54, 1.807) is 6.21 Å². The van der Waals surface area contributed by atoms with Crippen molar-refractivity contribution in [2.45, 2.75) is 52.9 Å². The van der Waals surface area contributed by atoms with Crippen LogP contribution in [0.4, 0.5) is 5.69 Å². The number of hydrazone groups is 1. The third-order valence-corrected chi connectivity index (χ3v) is 4.85. The average molecular weight is 329 g/mol. The van der Waals surface area contributed by atoms with E-state index in [0.29, 0.717) is 5.92 Å². The molecule has 1 aromatic carbocycles. The van der Waals surface area contributed by atoms with Crippen LogP contribution in [0, 0.1) is 11.8 Å². The van der Waals surface area contributed by atoms with Crippen molar-refractivity contribution in [3.05, 3.63) is 29.8 Å². The second-order valence-electron chi connectivity index (χ2n) is 6.60. The predicted octanol–water partition coefficient (Wildman–Crippen LogP) is 4.20. The summed E-state index contributed by atoms with van der Waals surface area (Å²) < 4.78 is 0. The van der Waals surface area contributed by atoms with Crippen LogP contribution in [0.25, 0.3) is 0 Å². The Balaban J connectivity index is 1.75. The fraction of sp³-hybridized carbons (Fsp3) is 0.600. The molecule has 132 valence electrons. The lowest BCUT2D eigenvalue weighted by Crippen LogP contribution is -2.21. The van der Waals surface area contributed by atoms with Crippen molar-refractivity contribution in [1.29, 1.82) is 0 Å². The number of hydrogen-bond donors (Lipinski definition) is 1. The minimum absolute atomic E-state index is 0.0764. The quantitative estimate of drug-likeness (QED) is 0.397. The van der Waals surface area contributed by atoms with Crippen LogP contribution in [0.2, 0.25) is 0 Å². The molecule has 0 saturated heterocycles.